The maximum Gasteiger partial charge on any atom is 0.228 e. The van der Waals surface area contributed by atoms with Crippen LogP contribution >= 0.6 is 12.4 Å². The van der Waals surface area contributed by atoms with Gasteiger partial charge in [-0.05, 0) is 68.4 Å². The molecule has 0 unspecified atom stereocenters. The molecule has 1 aromatic heterocycles. The maximum absolute atomic E-state index is 11.9. The van der Waals surface area contributed by atoms with Crippen molar-refractivity contribution in [1.82, 2.24) is 10.3 Å². The Morgan fingerprint density at radius 2 is 1.92 bits per heavy atom. The first-order valence-corrected chi connectivity index (χ1v) is 8.36. The minimum Gasteiger partial charge on any atom is -0.490 e. The predicted octanol–water partition coefficient (Wildman–Crippen LogP) is 3.14. The highest BCUT2D eigenvalue weighted by molar-refractivity contribution is 5.95. The highest BCUT2D eigenvalue weighted by Gasteiger charge is 2.29. The number of benzene rings is 1. The number of halogens is 1. The molecule has 0 radical (unpaired) electrons. The molecule has 2 aliphatic rings. The fourth-order valence-electron chi connectivity index (χ4n) is 2.94. The van der Waals surface area contributed by atoms with E-state index in [4.69, 9.17) is 4.74 Å². The summed E-state index contributed by atoms with van der Waals surface area (Å²) in [5, 5.41) is 8.33. The zero-order valence-corrected chi connectivity index (χ0v) is 14.3. The molecule has 4 rings (SSSR count). The Morgan fingerprint density at radius 3 is 2.67 bits per heavy atom. The van der Waals surface area contributed by atoms with Crippen molar-refractivity contribution in [1.29, 1.82) is 0 Å². The number of ether oxygens (including phenoxy) is 1. The predicted molar refractivity (Wildman–Crippen MR) is 96.9 cm³/mol. The average Bonchev–Trinajstić information content (AvgIpc) is 3.40. The van der Waals surface area contributed by atoms with E-state index in [2.05, 4.69) is 15.6 Å². The quantitative estimate of drug-likeness (QED) is 0.892. The first-order valence-electron chi connectivity index (χ1n) is 8.36. The third-order valence-corrected chi connectivity index (χ3v) is 4.48. The van der Waals surface area contributed by atoms with Gasteiger partial charge in [0.05, 0.1) is 0 Å². The second kappa shape index (κ2) is 7.36. The van der Waals surface area contributed by atoms with E-state index in [1.165, 1.54) is 0 Å². The molecule has 0 atom stereocenters. The third-order valence-electron chi connectivity index (χ3n) is 4.48. The van der Waals surface area contributed by atoms with E-state index in [0.717, 1.165) is 55.3 Å². The van der Waals surface area contributed by atoms with Crippen molar-refractivity contribution in [3.8, 4) is 5.75 Å². The number of amides is 1. The Hall–Kier alpha value is -1.85. The molecule has 5 nitrogen and oxygen atoms in total. The van der Waals surface area contributed by atoms with Crippen LogP contribution in [0.3, 0.4) is 0 Å². The Morgan fingerprint density at radius 1 is 1.12 bits per heavy atom. The SMILES string of the molecule is Cl.O=C(Nc1cc2cc(OC3CCNCC3)ccc2cn1)C1CC1. The van der Waals surface area contributed by atoms with Crippen LogP contribution in [0.15, 0.2) is 30.5 Å². The number of carbonyl (C=O) groups excluding carboxylic acids is 1. The second-order valence-electron chi connectivity index (χ2n) is 6.41. The molecule has 2 fully saturated rings. The molecule has 0 spiro atoms. The lowest BCUT2D eigenvalue weighted by molar-refractivity contribution is -0.117. The molecule has 128 valence electrons. The lowest BCUT2D eigenvalue weighted by Crippen LogP contribution is -2.34. The van der Waals surface area contributed by atoms with Gasteiger partial charge in [0.1, 0.15) is 17.7 Å². The molecule has 1 aliphatic carbocycles. The Balaban J connectivity index is 0.00000169. The van der Waals surface area contributed by atoms with Crippen molar-refractivity contribution in [2.75, 3.05) is 18.4 Å². The van der Waals surface area contributed by atoms with Gasteiger partial charge < -0.3 is 15.4 Å². The van der Waals surface area contributed by atoms with Gasteiger partial charge >= 0.3 is 0 Å². The number of nitrogens with zero attached hydrogens (tertiary/aromatic N) is 1. The highest BCUT2D eigenvalue weighted by Crippen LogP contribution is 2.30. The summed E-state index contributed by atoms with van der Waals surface area (Å²) in [4.78, 5) is 16.2. The molecule has 1 aliphatic heterocycles. The van der Waals surface area contributed by atoms with E-state index >= 15 is 0 Å². The summed E-state index contributed by atoms with van der Waals surface area (Å²) < 4.78 is 6.08. The highest BCUT2D eigenvalue weighted by atomic mass is 35.5. The molecular weight excluding hydrogens is 326 g/mol. The van der Waals surface area contributed by atoms with Crippen LogP contribution in [0.2, 0.25) is 0 Å². The number of nitrogens with one attached hydrogen (secondary N) is 2. The van der Waals surface area contributed by atoms with Gasteiger partial charge in [-0.25, -0.2) is 4.98 Å². The standard InChI is InChI=1S/C18H21N3O2.ClH/c22-18(12-1-2-12)21-17-10-14-9-16(4-3-13(14)11-20-17)23-15-5-7-19-8-6-15;/h3-4,9-12,15,19H,1-2,5-8H2,(H,20,21,22);1H. The Kier molecular flexibility index (Phi) is 5.21. The number of aromatic nitrogens is 1. The van der Waals surface area contributed by atoms with E-state index < -0.39 is 0 Å². The summed E-state index contributed by atoms with van der Waals surface area (Å²) in [6, 6.07) is 7.97. The normalized spacial score (nSPS) is 18.0. The molecule has 1 aromatic carbocycles. The number of fused-ring (bicyclic) bond motifs is 1. The fourth-order valence-corrected chi connectivity index (χ4v) is 2.94. The number of piperidine rings is 1. The summed E-state index contributed by atoms with van der Waals surface area (Å²) >= 11 is 0. The number of anilines is 1. The van der Waals surface area contributed by atoms with Crippen molar-refractivity contribution >= 4 is 34.9 Å². The Bertz CT molecular complexity index is 727. The topological polar surface area (TPSA) is 63.2 Å². The minimum atomic E-state index is 0. The molecule has 1 saturated heterocycles. The van der Waals surface area contributed by atoms with Crippen LogP contribution in [0.4, 0.5) is 5.82 Å². The largest absolute Gasteiger partial charge is 0.490 e. The van der Waals surface area contributed by atoms with Crippen molar-refractivity contribution < 1.29 is 9.53 Å². The molecule has 1 saturated carbocycles. The monoisotopic (exact) mass is 347 g/mol. The van der Waals surface area contributed by atoms with Gasteiger partial charge in [0, 0.05) is 17.5 Å². The zero-order valence-electron chi connectivity index (χ0n) is 13.5. The van der Waals surface area contributed by atoms with Gasteiger partial charge in [0.25, 0.3) is 0 Å². The molecule has 2 heterocycles. The summed E-state index contributed by atoms with van der Waals surface area (Å²) in [6.45, 7) is 2.03. The smallest absolute Gasteiger partial charge is 0.228 e. The summed E-state index contributed by atoms with van der Waals surface area (Å²) in [5.41, 5.74) is 0. The molecule has 2 N–H and O–H groups in total. The van der Waals surface area contributed by atoms with Gasteiger partial charge in [-0.1, -0.05) is 0 Å². The van der Waals surface area contributed by atoms with Crippen LogP contribution < -0.4 is 15.4 Å². The number of hydrogen-bond acceptors (Lipinski definition) is 4. The first kappa shape index (κ1) is 17.0. The van der Waals surface area contributed by atoms with Gasteiger partial charge in [-0.15, -0.1) is 12.4 Å². The molecule has 24 heavy (non-hydrogen) atoms. The van der Waals surface area contributed by atoms with Crippen molar-refractivity contribution in [2.45, 2.75) is 31.8 Å². The van der Waals surface area contributed by atoms with Crippen LogP contribution in [-0.2, 0) is 4.79 Å². The summed E-state index contributed by atoms with van der Waals surface area (Å²) in [7, 11) is 0. The van der Waals surface area contributed by atoms with E-state index in [0.29, 0.717) is 5.82 Å². The summed E-state index contributed by atoms with van der Waals surface area (Å²) in [6.07, 6.45) is 6.14. The van der Waals surface area contributed by atoms with Crippen LogP contribution in [0.5, 0.6) is 5.75 Å². The van der Waals surface area contributed by atoms with Gasteiger partial charge in [0.2, 0.25) is 5.91 Å². The molecule has 1 amide bonds. The Labute approximate surface area is 147 Å². The molecule has 2 aromatic rings. The molecular formula is C18H22ClN3O2. The van der Waals surface area contributed by atoms with E-state index in [1.807, 2.05) is 24.3 Å². The summed E-state index contributed by atoms with van der Waals surface area (Å²) in [5.74, 6) is 1.77. The number of hydrogen-bond donors (Lipinski definition) is 2. The van der Waals surface area contributed by atoms with Crippen molar-refractivity contribution in [2.24, 2.45) is 5.92 Å². The third kappa shape index (κ3) is 3.97. The zero-order chi connectivity index (χ0) is 15.6. The fraction of sp³-hybridized carbons (Fsp3) is 0.444. The number of carbonyl (C=O) groups is 1. The first-order chi connectivity index (χ1) is 11.3. The van der Waals surface area contributed by atoms with Crippen molar-refractivity contribution in [3.63, 3.8) is 0 Å². The number of rotatable bonds is 4. The maximum atomic E-state index is 11.9. The van der Waals surface area contributed by atoms with Gasteiger partial charge in [-0.3, -0.25) is 4.79 Å². The minimum absolute atomic E-state index is 0. The van der Waals surface area contributed by atoms with Gasteiger partial charge in [-0.2, -0.15) is 0 Å². The van der Waals surface area contributed by atoms with Crippen molar-refractivity contribution in [3.05, 3.63) is 30.5 Å². The number of pyridine rings is 1. The second-order valence-corrected chi connectivity index (χ2v) is 6.41. The lowest BCUT2D eigenvalue weighted by Gasteiger charge is -2.24. The van der Waals surface area contributed by atoms with E-state index in [1.54, 1.807) is 6.20 Å². The van der Waals surface area contributed by atoms with E-state index in [9.17, 15) is 4.79 Å². The van der Waals surface area contributed by atoms with Crippen LogP contribution in [0, 0.1) is 5.92 Å². The van der Waals surface area contributed by atoms with Crippen LogP contribution in [-0.4, -0.2) is 30.1 Å². The molecule has 6 heteroatoms. The van der Waals surface area contributed by atoms with E-state index in [-0.39, 0.29) is 30.3 Å². The van der Waals surface area contributed by atoms with Crippen LogP contribution in [0.1, 0.15) is 25.7 Å². The lowest BCUT2D eigenvalue weighted by atomic mass is 10.1. The van der Waals surface area contributed by atoms with Gasteiger partial charge in [0.15, 0.2) is 0 Å². The average molecular weight is 348 g/mol. The van der Waals surface area contributed by atoms with Crippen LogP contribution in [0.25, 0.3) is 10.8 Å². The molecule has 0 bridgehead atoms.